The summed E-state index contributed by atoms with van der Waals surface area (Å²) in [7, 11) is 0. The van der Waals surface area contributed by atoms with E-state index in [2.05, 4.69) is 5.32 Å². The lowest BCUT2D eigenvalue weighted by molar-refractivity contribution is -0.00839. The van der Waals surface area contributed by atoms with Crippen LogP contribution in [0.5, 0.6) is 0 Å². The SMILES string of the molecule is CC(C)(C)OC(=O)N1CC([C@H]2CCCCN2)C1. The Hall–Kier alpha value is -0.770. The summed E-state index contributed by atoms with van der Waals surface area (Å²) in [6.07, 6.45) is 3.71. The maximum absolute atomic E-state index is 11.8. The molecule has 0 aromatic rings. The molecule has 0 aliphatic carbocycles. The molecule has 0 aromatic carbocycles. The molecule has 2 aliphatic heterocycles. The van der Waals surface area contributed by atoms with Crippen molar-refractivity contribution in [3.05, 3.63) is 0 Å². The Morgan fingerprint density at radius 3 is 2.53 bits per heavy atom. The van der Waals surface area contributed by atoms with Crippen LogP contribution in [0, 0.1) is 5.92 Å². The second kappa shape index (κ2) is 4.84. The van der Waals surface area contributed by atoms with Crippen LogP contribution < -0.4 is 5.32 Å². The van der Waals surface area contributed by atoms with E-state index in [9.17, 15) is 4.79 Å². The van der Waals surface area contributed by atoms with Gasteiger partial charge in [-0.2, -0.15) is 0 Å². The van der Waals surface area contributed by atoms with E-state index in [0.717, 1.165) is 19.6 Å². The van der Waals surface area contributed by atoms with E-state index in [0.29, 0.717) is 12.0 Å². The molecule has 1 amide bonds. The lowest BCUT2D eigenvalue weighted by Gasteiger charge is -2.44. The zero-order valence-corrected chi connectivity index (χ0v) is 11.2. The van der Waals surface area contributed by atoms with Crippen LogP contribution in [0.3, 0.4) is 0 Å². The molecule has 2 heterocycles. The average Bonchev–Trinajstić information content (AvgIpc) is 2.14. The fraction of sp³-hybridized carbons (Fsp3) is 0.923. The highest BCUT2D eigenvalue weighted by atomic mass is 16.6. The van der Waals surface area contributed by atoms with Gasteiger partial charge in [0.15, 0.2) is 0 Å². The molecule has 1 atom stereocenters. The fourth-order valence-electron chi connectivity index (χ4n) is 2.52. The third-order valence-corrected chi connectivity index (χ3v) is 3.48. The molecular formula is C13H24N2O2. The number of nitrogens with zero attached hydrogens (tertiary/aromatic N) is 1. The molecule has 2 saturated heterocycles. The first-order valence-corrected chi connectivity index (χ1v) is 6.67. The molecule has 2 rings (SSSR count). The summed E-state index contributed by atoms with van der Waals surface area (Å²) in [4.78, 5) is 13.6. The Balaban J connectivity index is 1.72. The summed E-state index contributed by atoms with van der Waals surface area (Å²) in [5, 5.41) is 3.55. The Morgan fingerprint density at radius 1 is 1.29 bits per heavy atom. The normalized spacial score (nSPS) is 26.5. The molecule has 4 heteroatoms. The summed E-state index contributed by atoms with van der Waals surface area (Å²) in [6, 6.07) is 0.613. The standard InChI is InChI=1S/C13H24N2O2/c1-13(2,3)17-12(16)15-8-10(9-15)11-6-4-5-7-14-11/h10-11,14H,4-9H2,1-3H3/t11-/m1/s1. The Labute approximate surface area is 104 Å². The number of hydrogen-bond acceptors (Lipinski definition) is 3. The number of nitrogens with one attached hydrogen (secondary N) is 1. The summed E-state index contributed by atoms with van der Waals surface area (Å²) >= 11 is 0. The number of likely N-dealkylation sites (tertiary alicyclic amines) is 1. The first-order valence-electron chi connectivity index (χ1n) is 6.67. The molecule has 98 valence electrons. The molecule has 0 saturated carbocycles. The number of rotatable bonds is 1. The molecule has 0 radical (unpaired) electrons. The fourth-order valence-corrected chi connectivity index (χ4v) is 2.52. The predicted molar refractivity (Wildman–Crippen MR) is 66.9 cm³/mol. The van der Waals surface area contributed by atoms with Crippen molar-refractivity contribution in [1.29, 1.82) is 0 Å². The topological polar surface area (TPSA) is 41.6 Å². The van der Waals surface area contributed by atoms with Crippen molar-refractivity contribution in [3.8, 4) is 0 Å². The number of hydrogen-bond donors (Lipinski definition) is 1. The highest BCUT2D eigenvalue weighted by Crippen LogP contribution is 2.26. The Kier molecular flexibility index (Phi) is 3.61. The van der Waals surface area contributed by atoms with Gasteiger partial charge in [0.2, 0.25) is 0 Å². The van der Waals surface area contributed by atoms with Crippen molar-refractivity contribution < 1.29 is 9.53 Å². The number of amides is 1. The van der Waals surface area contributed by atoms with Gasteiger partial charge in [-0.1, -0.05) is 6.42 Å². The maximum Gasteiger partial charge on any atom is 0.410 e. The van der Waals surface area contributed by atoms with Gasteiger partial charge in [-0.05, 0) is 40.2 Å². The van der Waals surface area contributed by atoms with Gasteiger partial charge in [-0.3, -0.25) is 0 Å². The van der Waals surface area contributed by atoms with E-state index in [-0.39, 0.29) is 11.7 Å². The molecule has 0 bridgehead atoms. The largest absolute Gasteiger partial charge is 0.444 e. The van der Waals surface area contributed by atoms with Crippen LogP contribution in [-0.2, 0) is 4.74 Å². The quantitative estimate of drug-likeness (QED) is 0.762. The molecule has 1 N–H and O–H groups in total. The van der Waals surface area contributed by atoms with Gasteiger partial charge in [0, 0.05) is 25.0 Å². The number of ether oxygens (including phenoxy) is 1. The van der Waals surface area contributed by atoms with E-state index in [4.69, 9.17) is 4.74 Å². The van der Waals surface area contributed by atoms with Crippen molar-refractivity contribution >= 4 is 6.09 Å². The van der Waals surface area contributed by atoms with E-state index < -0.39 is 0 Å². The van der Waals surface area contributed by atoms with Crippen molar-refractivity contribution in [2.24, 2.45) is 5.92 Å². The summed E-state index contributed by atoms with van der Waals surface area (Å²) in [6.45, 7) is 8.56. The molecule has 0 spiro atoms. The second-order valence-electron chi connectivity index (χ2n) is 6.20. The molecule has 0 unspecified atom stereocenters. The van der Waals surface area contributed by atoms with E-state index >= 15 is 0 Å². The van der Waals surface area contributed by atoms with E-state index in [1.165, 1.54) is 19.3 Å². The Bertz CT molecular complexity index is 274. The van der Waals surface area contributed by atoms with Gasteiger partial charge in [-0.15, -0.1) is 0 Å². The minimum absolute atomic E-state index is 0.162. The third kappa shape index (κ3) is 3.35. The van der Waals surface area contributed by atoms with Crippen molar-refractivity contribution in [1.82, 2.24) is 10.2 Å². The van der Waals surface area contributed by atoms with Crippen molar-refractivity contribution in [2.75, 3.05) is 19.6 Å². The minimum Gasteiger partial charge on any atom is -0.444 e. The molecule has 4 nitrogen and oxygen atoms in total. The van der Waals surface area contributed by atoms with Crippen LogP contribution in [0.2, 0.25) is 0 Å². The minimum atomic E-state index is -0.384. The first-order chi connectivity index (χ1) is 7.96. The van der Waals surface area contributed by atoms with E-state index in [1.54, 1.807) is 0 Å². The van der Waals surface area contributed by atoms with Gasteiger partial charge in [0.05, 0.1) is 0 Å². The van der Waals surface area contributed by atoms with Gasteiger partial charge in [-0.25, -0.2) is 4.79 Å². The third-order valence-electron chi connectivity index (χ3n) is 3.48. The predicted octanol–water partition coefficient (Wildman–Crippen LogP) is 2.00. The lowest BCUT2D eigenvalue weighted by atomic mass is 9.87. The van der Waals surface area contributed by atoms with Gasteiger partial charge in [0.1, 0.15) is 5.60 Å². The van der Waals surface area contributed by atoms with Crippen molar-refractivity contribution in [2.45, 2.75) is 51.7 Å². The lowest BCUT2D eigenvalue weighted by Crippen LogP contribution is -2.59. The molecule has 17 heavy (non-hydrogen) atoms. The maximum atomic E-state index is 11.8. The number of carbonyl (C=O) groups excluding carboxylic acids is 1. The summed E-state index contributed by atoms with van der Waals surface area (Å²) in [5.41, 5.74) is -0.384. The van der Waals surface area contributed by atoms with Crippen LogP contribution >= 0.6 is 0 Å². The zero-order chi connectivity index (χ0) is 12.5. The molecular weight excluding hydrogens is 216 g/mol. The van der Waals surface area contributed by atoms with E-state index in [1.807, 2.05) is 25.7 Å². The average molecular weight is 240 g/mol. The van der Waals surface area contributed by atoms with Crippen LogP contribution in [0.25, 0.3) is 0 Å². The van der Waals surface area contributed by atoms with Crippen molar-refractivity contribution in [3.63, 3.8) is 0 Å². The molecule has 2 fully saturated rings. The van der Waals surface area contributed by atoms with Gasteiger partial charge >= 0.3 is 6.09 Å². The second-order valence-corrected chi connectivity index (χ2v) is 6.20. The highest BCUT2D eigenvalue weighted by Gasteiger charge is 2.38. The molecule has 0 aromatic heterocycles. The van der Waals surface area contributed by atoms with Crippen LogP contribution in [0.15, 0.2) is 0 Å². The molecule has 2 aliphatic rings. The summed E-state index contributed by atoms with van der Waals surface area (Å²) in [5.74, 6) is 0.628. The van der Waals surface area contributed by atoms with Gasteiger partial charge < -0.3 is 15.0 Å². The number of carbonyl (C=O) groups is 1. The Morgan fingerprint density at radius 2 is 2.00 bits per heavy atom. The zero-order valence-electron chi connectivity index (χ0n) is 11.2. The number of piperidine rings is 1. The van der Waals surface area contributed by atoms with Crippen LogP contribution in [0.4, 0.5) is 4.79 Å². The van der Waals surface area contributed by atoms with Gasteiger partial charge in [0.25, 0.3) is 0 Å². The first kappa shape index (κ1) is 12.7. The monoisotopic (exact) mass is 240 g/mol. The van der Waals surface area contributed by atoms with Crippen LogP contribution in [-0.4, -0.2) is 42.3 Å². The smallest absolute Gasteiger partial charge is 0.410 e. The highest BCUT2D eigenvalue weighted by molar-refractivity contribution is 5.69. The van der Waals surface area contributed by atoms with Crippen LogP contribution in [0.1, 0.15) is 40.0 Å². The summed E-state index contributed by atoms with van der Waals surface area (Å²) < 4.78 is 5.34.